The molecule has 2 aromatic heterocycles. The quantitative estimate of drug-likeness (QED) is 0.692. The zero-order valence-electron chi connectivity index (χ0n) is 10.5. The fraction of sp³-hybridized carbons (Fsp3) is 0.214. The molecule has 3 rings (SSSR count). The van der Waals surface area contributed by atoms with E-state index >= 15 is 0 Å². The molecular weight excluding hydrogens is 304 g/mol. The number of aromatic nitrogens is 4. The SMILES string of the molecule is CCC(Br)c1cn(-c2ccc3ncccc3c2)nn1. The highest BCUT2D eigenvalue weighted by Gasteiger charge is 2.10. The Hall–Kier alpha value is -1.75. The summed E-state index contributed by atoms with van der Waals surface area (Å²) in [6, 6.07) is 10.0. The third-order valence-corrected chi connectivity index (χ3v) is 4.16. The molecule has 0 amide bonds. The Labute approximate surface area is 119 Å². The second-order valence-electron chi connectivity index (χ2n) is 4.34. The van der Waals surface area contributed by atoms with Crippen molar-refractivity contribution >= 4 is 26.8 Å². The van der Waals surface area contributed by atoms with Crippen LogP contribution in [0.3, 0.4) is 0 Å². The van der Waals surface area contributed by atoms with Gasteiger partial charge in [-0.05, 0) is 30.7 Å². The van der Waals surface area contributed by atoms with Crippen LogP contribution < -0.4 is 0 Å². The van der Waals surface area contributed by atoms with Gasteiger partial charge in [0, 0.05) is 11.6 Å². The van der Waals surface area contributed by atoms with Crippen molar-refractivity contribution in [2.75, 3.05) is 0 Å². The predicted octanol–water partition coefficient (Wildman–Crippen LogP) is 3.66. The molecule has 1 aromatic carbocycles. The minimum absolute atomic E-state index is 0.253. The molecule has 0 radical (unpaired) electrons. The molecule has 3 aromatic rings. The van der Waals surface area contributed by atoms with Crippen LogP contribution >= 0.6 is 15.9 Å². The molecule has 19 heavy (non-hydrogen) atoms. The Morgan fingerprint density at radius 2 is 2.21 bits per heavy atom. The van der Waals surface area contributed by atoms with Crippen LogP contribution in [0.25, 0.3) is 16.6 Å². The van der Waals surface area contributed by atoms with Crippen LogP contribution in [0.15, 0.2) is 42.7 Å². The molecule has 2 heterocycles. The molecule has 96 valence electrons. The van der Waals surface area contributed by atoms with E-state index in [1.165, 1.54) is 0 Å². The summed E-state index contributed by atoms with van der Waals surface area (Å²) in [6.07, 6.45) is 4.74. The first-order valence-electron chi connectivity index (χ1n) is 6.19. The third-order valence-electron chi connectivity index (χ3n) is 3.04. The Morgan fingerprint density at radius 1 is 1.32 bits per heavy atom. The Balaban J connectivity index is 2.01. The fourth-order valence-electron chi connectivity index (χ4n) is 1.96. The summed E-state index contributed by atoms with van der Waals surface area (Å²) >= 11 is 3.58. The lowest BCUT2D eigenvalue weighted by atomic mass is 10.2. The maximum absolute atomic E-state index is 4.31. The molecule has 0 aliphatic heterocycles. The van der Waals surface area contributed by atoms with Gasteiger partial charge in [-0.2, -0.15) is 0 Å². The Bertz CT molecular complexity index is 707. The highest BCUT2D eigenvalue weighted by Crippen LogP contribution is 2.24. The molecule has 0 fully saturated rings. The van der Waals surface area contributed by atoms with Gasteiger partial charge in [-0.1, -0.05) is 34.1 Å². The highest BCUT2D eigenvalue weighted by molar-refractivity contribution is 9.09. The minimum atomic E-state index is 0.253. The summed E-state index contributed by atoms with van der Waals surface area (Å²) in [5.74, 6) is 0. The van der Waals surface area contributed by atoms with Gasteiger partial charge in [0.25, 0.3) is 0 Å². The van der Waals surface area contributed by atoms with Crippen molar-refractivity contribution in [2.45, 2.75) is 18.2 Å². The maximum Gasteiger partial charge on any atom is 0.0967 e. The number of hydrogen-bond donors (Lipinski definition) is 0. The van der Waals surface area contributed by atoms with E-state index in [-0.39, 0.29) is 4.83 Å². The van der Waals surface area contributed by atoms with E-state index in [0.717, 1.165) is 28.7 Å². The Kier molecular flexibility index (Phi) is 3.29. The lowest BCUT2D eigenvalue weighted by Gasteiger charge is -2.02. The average Bonchev–Trinajstić information content (AvgIpc) is 2.95. The van der Waals surface area contributed by atoms with E-state index in [2.05, 4.69) is 44.2 Å². The van der Waals surface area contributed by atoms with Crippen LogP contribution in [0.4, 0.5) is 0 Å². The van der Waals surface area contributed by atoms with Crippen LogP contribution in [0.5, 0.6) is 0 Å². The van der Waals surface area contributed by atoms with Gasteiger partial charge in [-0.25, -0.2) is 4.68 Å². The summed E-state index contributed by atoms with van der Waals surface area (Å²) in [6.45, 7) is 2.11. The van der Waals surface area contributed by atoms with Crippen LogP contribution in [0.1, 0.15) is 23.9 Å². The van der Waals surface area contributed by atoms with Crippen LogP contribution in [-0.4, -0.2) is 20.0 Å². The topological polar surface area (TPSA) is 43.6 Å². The van der Waals surface area contributed by atoms with Crippen molar-refractivity contribution in [1.29, 1.82) is 0 Å². The molecule has 1 unspecified atom stereocenters. The van der Waals surface area contributed by atoms with Crippen molar-refractivity contribution in [3.05, 3.63) is 48.4 Å². The number of fused-ring (bicyclic) bond motifs is 1. The van der Waals surface area contributed by atoms with Gasteiger partial charge < -0.3 is 0 Å². The number of pyridine rings is 1. The molecule has 0 saturated carbocycles. The summed E-state index contributed by atoms with van der Waals surface area (Å²) in [5, 5.41) is 9.47. The Morgan fingerprint density at radius 3 is 3.05 bits per heavy atom. The molecule has 0 saturated heterocycles. The van der Waals surface area contributed by atoms with Gasteiger partial charge in [-0.15, -0.1) is 5.10 Å². The van der Waals surface area contributed by atoms with E-state index in [1.54, 1.807) is 10.9 Å². The van der Waals surface area contributed by atoms with Crippen molar-refractivity contribution in [3.63, 3.8) is 0 Å². The molecule has 0 spiro atoms. The summed E-state index contributed by atoms with van der Waals surface area (Å²) < 4.78 is 1.80. The van der Waals surface area contributed by atoms with Gasteiger partial charge in [0.05, 0.1) is 27.9 Å². The number of hydrogen-bond acceptors (Lipinski definition) is 3. The van der Waals surface area contributed by atoms with E-state index in [9.17, 15) is 0 Å². The molecule has 0 bridgehead atoms. The number of benzene rings is 1. The van der Waals surface area contributed by atoms with Crippen LogP contribution in [0.2, 0.25) is 0 Å². The van der Waals surface area contributed by atoms with E-state index < -0.39 is 0 Å². The van der Waals surface area contributed by atoms with Crippen molar-refractivity contribution in [2.24, 2.45) is 0 Å². The number of nitrogens with zero attached hydrogens (tertiary/aromatic N) is 4. The molecule has 1 atom stereocenters. The van der Waals surface area contributed by atoms with E-state index in [4.69, 9.17) is 0 Å². The number of alkyl halides is 1. The van der Waals surface area contributed by atoms with Crippen molar-refractivity contribution < 1.29 is 0 Å². The second-order valence-corrected chi connectivity index (χ2v) is 5.45. The molecule has 0 N–H and O–H groups in total. The predicted molar refractivity (Wildman–Crippen MR) is 78.6 cm³/mol. The fourth-order valence-corrected chi connectivity index (χ4v) is 2.17. The third kappa shape index (κ3) is 2.38. The summed E-state index contributed by atoms with van der Waals surface area (Å²) in [7, 11) is 0. The number of rotatable bonds is 3. The van der Waals surface area contributed by atoms with Gasteiger partial charge in [0.2, 0.25) is 0 Å². The summed E-state index contributed by atoms with van der Waals surface area (Å²) in [5.41, 5.74) is 2.93. The van der Waals surface area contributed by atoms with E-state index in [1.807, 2.05) is 30.5 Å². The van der Waals surface area contributed by atoms with Crippen LogP contribution in [0, 0.1) is 0 Å². The molecule has 0 aliphatic carbocycles. The number of halogens is 1. The standard InChI is InChI=1S/C14H13BrN4/c1-2-12(15)14-9-19(18-17-14)11-5-6-13-10(8-11)4-3-7-16-13/h3-9,12H,2H2,1H3. The van der Waals surface area contributed by atoms with Gasteiger partial charge in [0.1, 0.15) is 0 Å². The molecule has 0 aliphatic rings. The first kappa shape index (κ1) is 12.3. The highest BCUT2D eigenvalue weighted by atomic mass is 79.9. The van der Waals surface area contributed by atoms with Crippen molar-refractivity contribution in [1.82, 2.24) is 20.0 Å². The van der Waals surface area contributed by atoms with Crippen molar-refractivity contribution in [3.8, 4) is 5.69 Å². The molecule has 4 nitrogen and oxygen atoms in total. The molecule has 5 heteroatoms. The zero-order chi connectivity index (χ0) is 13.2. The minimum Gasteiger partial charge on any atom is -0.256 e. The van der Waals surface area contributed by atoms with Gasteiger partial charge in [-0.3, -0.25) is 4.98 Å². The average molecular weight is 317 g/mol. The van der Waals surface area contributed by atoms with Gasteiger partial charge in [0.15, 0.2) is 0 Å². The monoisotopic (exact) mass is 316 g/mol. The smallest absolute Gasteiger partial charge is 0.0967 e. The lowest BCUT2D eigenvalue weighted by Crippen LogP contribution is -1.94. The van der Waals surface area contributed by atoms with Crippen LogP contribution in [-0.2, 0) is 0 Å². The first-order chi connectivity index (χ1) is 9.28. The summed E-state index contributed by atoms with van der Waals surface area (Å²) in [4.78, 5) is 4.56. The van der Waals surface area contributed by atoms with Gasteiger partial charge >= 0.3 is 0 Å². The van der Waals surface area contributed by atoms with E-state index in [0.29, 0.717) is 0 Å². The normalized spacial score (nSPS) is 12.7. The maximum atomic E-state index is 4.31. The second kappa shape index (κ2) is 5.09. The largest absolute Gasteiger partial charge is 0.256 e. The lowest BCUT2D eigenvalue weighted by molar-refractivity contribution is 0.791. The molecular formula is C14H13BrN4. The zero-order valence-corrected chi connectivity index (χ0v) is 12.1. The first-order valence-corrected chi connectivity index (χ1v) is 7.11.